The first-order valence-electron chi connectivity index (χ1n) is 10.7. The number of imide groups is 2. The van der Waals surface area contributed by atoms with Crippen LogP contribution in [0.25, 0.3) is 6.08 Å². The number of fused-ring (bicyclic) bond motifs is 1. The van der Waals surface area contributed by atoms with Gasteiger partial charge in [-0.2, -0.15) is 0 Å². The summed E-state index contributed by atoms with van der Waals surface area (Å²) in [6.45, 7) is 8.02. The zero-order valence-corrected chi connectivity index (χ0v) is 18.2. The van der Waals surface area contributed by atoms with Crippen LogP contribution in [-0.2, 0) is 16.0 Å². The fourth-order valence-corrected chi connectivity index (χ4v) is 4.30. The van der Waals surface area contributed by atoms with Gasteiger partial charge in [0.15, 0.2) is 0 Å². The summed E-state index contributed by atoms with van der Waals surface area (Å²) in [6, 6.07) is 10.8. The van der Waals surface area contributed by atoms with E-state index in [1.165, 1.54) is 11.3 Å². The van der Waals surface area contributed by atoms with E-state index in [-0.39, 0.29) is 5.57 Å². The van der Waals surface area contributed by atoms with Gasteiger partial charge in [-0.15, -0.1) is 0 Å². The molecular formula is C25H27N3O3. The van der Waals surface area contributed by atoms with Gasteiger partial charge in [0.05, 0.1) is 5.69 Å². The molecule has 0 unspecified atom stereocenters. The first-order valence-corrected chi connectivity index (χ1v) is 10.7. The molecule has 0 aromatic heterocycles. The molecule has 2 aromatic rings. The van der Waals surface area contributed by atoms with Crippen molar-refractivity contribution in [3.8, 4) is 0 Å². The Kier molecular flexibility index (Phi) is 5.63. The summed E-state index contributed by atoms with van der Waals surface area (Å²) in [5, 5.41) is 2.30. The summed E-state index contributed by atoms with van der Waals surface area (Å²) in [4.78, 5) is 41.5. The number of unbranched alkanes of at least 4 members (excludes halogenated alkanes) is 1. The number of carbonyl (C=O) groups is 3. The van der Waals surface area contributed by atoms with E-state index in [1.807, 2.05) is 32.0 Å². The van der Waals surface area contributed by atoms with Gasteiger partial charge in [-0.1, -0.05) is 25.5 Å². The molecule has 2 aliphatic heterocycles. The lowest BCUT2D eigenvalue weighted by atomic mass is 10.0. The Labute approximate surface area is 182 Å². The molecule has 4 rings (SSSR count). The molecule has 2 heterocycles. The lowest BCUT2D eigenvalue weighted by Crippen LogP contribution is -2.54. The minimum atomic E-state index is -0.724. The maximum absolute atomic E-state index is 13.1. The average Bonchev–Trinajstić information content (AvgIpc) is 3.11. The van der Waals surface area contributed by atoms with Gasteiger partial charge in [0, 0.05) is 18.8 Å². The standard InChI is InChI=1S/C25H27N3O3/c1-4-5-9-27-10-8-19-14-18(6-7-22(19)27)15-21-23(29)26-25(31)28(24(21)30)20-12-16(2)11-17(3)13-20/h6-7,11-15H,4-5,8-10H2,1-3H3,(H,26,29,31)/b21-15-. The van der Waals surface area contributed by atoms with Crippen molar-refractivity contribution in [1.29, 1.82) is 0 Å². The first kappa shape index (κ1) is 20.8. The van der Waals surface area contributed by atoms with E-state index < -0.39 is 17.8 Å². The molecule has 31 heavy (non-hydrogen) atoms. The number of amides is 4. The van der Waals surface area contributed by atoms with Gasteiger partial charge in [0.2, 0.25) is 0 Å². The maximum atomic E-state index is 13.1. The van der Waals surface area contributed by atoms with Crippen molar-refractivity contribution in [2.24, 2.45) is 0 Å². The molecule has 0 saturated carbocycles. The SMILES string of the molecule is CCCCN1CCc2cc(/C=C3/C(=O)NC(=O)N(c4cc(C)cc(C)c4)C3=O)ccc21. The van der Waals surface area contributed by atoms with Crippen molar-refractivity contribution < 1.29 is 14.4 Å². The number of carbonyl (C=O) groups excluding carboxylic acids is 3. The highest BCUT2D eigenvalue weighted by atomic mass is 16.2. The van der Waals surface area contributed by atoms with Gasteiger partial charge in [-0.05, 0) is 79.3 Å². The van der Waals surface area contributed by atoms with Crippen LogP contribution in [0.3, 0.4) is 0 Å². The third-order valence-electron chi connectivity index (χ3n) is 5.75. The summed E-state index contributed by atoms with van der Waals surface area (Å²) in [5.41, 5.74) is 5.51. The Morgan fingerprint density at radius 1 is 1.03 bits per heavy atom. The number of rotatable bonds is 5. The fourth-order valence-electron chi connectivity index (χ4n) is 4.30. The van der Waals surface area contributed by atoms with Crippen LogP contribution in [0, 0.1) is 13.8 Å². The highest BCUT2D eigenvalue weighted by molar-refractivity contribution is 6.39. The smallest absolute Gasteiger partial charge is 0.335 e. The van der Waals surface area contributed by atoms with E-state index in [0.717, 1.165) is 53.9 Å². The Morgan fingerprint density at radius 3 is 2.48 bits per heavy atom. The van der Waals surface area contributed by atoms with Gasteiger partial charge in [0.25, 0.3) is 11.8 Å². The van der Waals surface area contributed by atoms with Crippen molar-refractivity contribution in [3.63, 3.8) is 0 Å². The Bertz CT molecular complexity index is 1080. The second-order valence-electron chi connectivity index (χ2n) is 8.28. The molecule has 160 valence electrons. The summed E-state index contributed by atoms with van der Waals surface area (Å²) >= 11 is 0. The highest BCUT2D eigenvalue weighted by Crippen LogP contribution is 2.30. The van der Waals surface area contributed by atoms with Crippen LogP contribution in [0.4, 0.5) is 16.2 Å². The Balaban J connectivity index is 1.65. The summed E-state index contributed by atoms with van der Waals surface area (Å²) in [6.07, 6.45) is 4.84. The van der Waals surface area contributed by atoms with Crippen LogP contribution >= 0.6 is 0 Å². The second kappa shape index (κ2) is 8.38. The molecule has 0 radical (unpaired) electrons. The molecule has 0 aliphatic carbocycles. The molecule has 0 spiro atoms. The molecule has 6 heteroatoms. The molecule has 1 N–H and O–H groups in total. The minimum absolute atomic E-state index is 0.0421. The molecule has 1 saturated heterocycles. The number of hydrogen-bond donors (Lipinski definition) is 1. The summed E-state index contributed by atoms with van der Waals surface area (Å²) < 4.78 is 0. The van der Waals surface area contributed by atoms with Crippen molar-refractivity contribution in [2.75, 3.05) is 22.9 Å². The fraction of sp³-hybridized carbons (Fsp3) is 0.320. The molecule has 2 aliphatic rings. The van der Waals surface area contributed by atoms with E-state index in [0.29, 0.717) is 5.69 Å². The van der Waals surface area contributed by atoms with Crippen LogP contribution in [0.2, 0.25) is 0 Å². The lowest BCUT2D eigenvalue weighted by Gasteiger charge is -2.27. The number of aryl methyl sites for hydroxylation is 2. The van der Waals surface area contributed by atoms with Gasteiger partial charge in [-0.25, -0.2) is 9.69 Å². The zero-order valence-electron chi connectivity index (χ0n) is 18.2. The zero-order chi connectivity index (χ0) is 22.1. The monoisotopic (exact) mass is 417 g/mol. The predicted molar refractivity (Wildman–Crippen MR) is 122 cm³/mol. The third kappa shape index (κ3) is 4.10. The van der Waals surface area contributed by atoms with Crippen LogP contribution in [0.5, 0.6) is 0 Å². The van der Waals surface area contributed by atoms with Gasteiger partial charge in [0.1, 0.15) is 5.57 Å². The third-order valence-corrected chi connectivity index (χ3v) is 5.75. The molecule has 1 fully saturated rings. The normalized spacial score (nSPS) is 17.4. The van der Waals surface area contributed by atoms with Crippen LogP contribution in [-0.4, -0.2) is 30.9 Å². The van der Waals surface area contributed by atoms with E-state index in [1.54, 1.807) is 18.2 Å². The van der Waals surface area contributed by atoms with E-state index in [4.69, 9.17) is 0 Å². The minimum Gasteiger partial charge on any atom is -0.371 e. The van der Waals surface area contributed by atoms with Crippen molar-refractivity contribution >= 4 is 35.3 Å². The Morgan fingerprint density at radius 2 is 1.77 bits per heavy atom. The Hall–Kier alpha value is -3.41. The number of nitrogens with zero attached hydrogens (tertiary/aromatic N) is 2. The summed E-state index contributed by atoms with van der Waals surface area (Å²) in [5.74, 6) is -1.27. The van der Waals surface area contributed by atoms with Gasteiger partial charge >= 0.3 is 6.03 Å². The lowest BCUT2D eigenvalue weighted by molar-refractivity contribution is -0.122. The number of nitrogens with one attached hydrogen (secondary N) is 1. The van der Waals surface area contributed by atoms with E-state index in [9.17, 15) is 14.4 Å². The van der Waals surface area contributed by atoms with Crippen molar-refractivity contribution in [1.82, 2.24) is 5.32 Å². The molecule has 0 bridgehead atoms. The number of barbiturate groups is 1. The van der Waals surface area contributed by atoms with E-state index in [2.05, 4.69) is 23.2 Å². The van der Waals surface area contributed by atoms with Crippen LogP contribution in [0.1, 0.15) is 42.0 Å². The van der Waals surface area contributed by atoms with Crippen LogP contribution in [0.15, 0.2) is 42.0 Å². The molecular weight excluding hydrogens is 390 g/mol. The largest absolute Gasteiger partial charge is 0.371 e. The maximum Gasteiger partial charge on any atom is 0.335 e. The number of anilines is 2. The quantitative estimate of drug-likeness (QED) is 0.587. The van der Waals surface area contributed by atoms with Crippen molar-refractivity contribution in [3.05, 3.63) is 64.2 Å². The summed E-state index contributed by atoms with van der Waals surface area (Å²) in [7, 11) is 0. The highest BCUT2D eigenvalue weighted by Gasteiger charge is 2.37. The molecule has 6 nitrogen and oxygen atoms in total. The van der Waals surface area contributed by atoms with Gasteiger partial charge in [-0.3, -0.25) is 14.9 Å². The molecule has 2 aromatic carbocycles. The first-order chi connectivity index (χ1) is 14.9. The van der Waals surface area contributed by atoms with E-state index >= 15 is 0 Å². The predicted octanol–water partition coefficient (Wildman–Crippen LogP) is 4.13. The second-order valence-corrected chi connectivity index (χ2v) is 8.28. The number of benzene rings is 2. The topological polar surface area (TPSA) is 69.7 Å². The van der Waals surface area contributed by atoms with Crippen LogP contribution < -0.4 is 15.1 Å². The molecule has 0 atom stereocenters. The number of hydrogen-bond acceptors (Lipinski definition) is 4. The van der Waals surface area contributed by atoms with Gasteiger partial charge < -0.3 is 4.90 Å². The van der Waals surface area contributed by atoms with Crippen molar-refractivity contribution in [2.45, 2.75) is 40.0 Å². The molecule has 4 amide bonds. The number of urea groups is 1. The average molecular weight is 418 g/mol.